The molecule has 0 saturated heterocycles. The Labute approximate surface area is 117 Å². The minimum absolute atomic E-state index is 0.123. The first kappa shape index (κ1) is 14.1. The van der Waals surface area contributed by atoms with Crippen molar-refractivity contribution in [2.75, 3.05) is 0 Å². The van der Waals surface area contributed by atoms with E-state index in [-0.39, 0.29) is 23.9 Å². The van der Waals surface area contributed by atoms with Gasteiger partial charge in [0, 0.05) is 5.56 Å². The number of halogens is 1. The van der Waals surface area contributed by atoms with Crippen LogP contribution in [-0.2, 0) is 11.2 Å². The average Bonchev–Trinajstić information content (AvgIpc) is 2.38. The molecule has 1 unspecified atom stereocenters. The lowest BCUT2D eigenvalue weighted by Gasteiger charge is -2.15. The number of rotatable bonds is 4. The molecule has 1 atom stereocenters. The van der Waals surface area contributed by atoms with Gasteiger partial charge in [-0.05, 0) is 30.7 Å². The number of phenols is 1. The number of benzene rings is 2. The summed E-state index contributed by atoms with van der Waals surface area (Å²) in [5.41, 5.74) is 1.17. The van der Waals surface area contributed by atoms with E-state index in [4.69, 9.17) is 0 Å². The Balaban J connectivity index is 2.00. The standard InChI is InChI=1S/C16H16FNO2/c1-11(14-7-2-3-8-15(14)17)18-16(20)10-12-5-4-6-13(19)9-12/h2-9,11,19H,10H2,1H3,(H,18,20). The van der Waals surface area contributed by atoms with Crippen molar-refractivity contribution < 1.29 is 14.3 Å². The highest BCUT2D eigenvalue weighted by molar-refractivity contribution is 5.79. The Bertz CT molecular complexity index is 613. The molecule has 4 heteroatoms. The normalized spacial score (nSPS) is 11.9. The molecule has 0 aliphatic heterocycles. The van der Waals surface area contributed by atoms with Crippen LogP contribution in [0.15, 0.2) is 48.5 Å². The van der Waals surface area contributed by atoms with Crippen LogP contribution in [0.25, 0.3) is 0 Å². The van der Waals surface area contributed by atoms with Gasteiger partial charge >= 0.3 is 0 Å². The van der Waals surface area contributed by atoms with Crippen LogP contribution in [0.4, 0.5) is 4.39 Å². The Morgan fingerprint density at radius 2 is 2.00 bits per heavy atom. The Morgan fingerprint density at radius 3 is 2.70 bits per heavy atom. The van der Waals surface area contributed by atoms with Crippen molar-refractivity contribution in [2.45, 2.75) is 19.4 Å². The number of hydrogen-bond acceptors (Lipinski definition) is 2. The highest BCUT2D eigenvalue weighted by Crippen LogP contribution is 2.16. The summed E-state index contributed by atoms with van der Waals surface area (Å²) in [4.78, 5) is 11.9. The number of aromatic hydroxyl groups is 1. The lowest BCUT2D eigenvalue weighted by atomic mass is 10.1. The van der Waals surface area contributed by atoms with Crippen LogP contribution in [0.2, 0.25) is 0 Å². The van der Waals surface area contributed by atoms with Crippen LogP contribution in [0, 0.1) is 5.82 Å². The molecular formula is C16H16FNO2. The molecule has 2 N–H and O–H groups in total. The molecule has 0 aliphatic rings. The van der Waals surface area contributed by atoms with Gasteiger partial charge in [0.05, 0.1) is 12.5 Å². The first-order chi connectivity index (χ1) is 9.56. The molecule has 0 aromatic heterocycles. The molecule has 0 radical (unpaired) electrons. The van der Waals surface area contributed by atoms with E-state index >= 15 is 0 Å². The zero-order valence-electron chi connectivity index (χ0n) is 11.1. The van der Waals surface area contributed by atoms with Crippen LogP contribution < -0.4 is 5.32 Å². The van der Waals surface area contributed by atoms with Gasteiger partial charge in [-0.25, -0.2) is 4.39 Å². The molecule has 3 nitrogen and oxygen atoms in total. The predicted molar refractivity (Wildman–Crippen MR) is 74.8 cm³/mol. The second-order valence-electron chi connectivity index (χ2n) is 4.66. The van der Waals surface area contributed by atoms with Crippen molar-refractivity contribution in [3.05, 3.63) is 65.5 Å². The van der Waals surface area contributed by atoms with Crippen molar-refractivity contribution in [1.82, 2.24) is 5.32 Å². The maximum atomic E-state index is 13.6. The maximum Gasteiger partial charge on any atom is 0.224 e. The van der Waals surface area contributed by atoms with Crippen LogP contribution in [0.3, 0.4) is 0 Å². The van der Waals surface area contributed by atoms with Gasteiger partial charge < -0.3 is 10.4 Å². The lowest BCUT2D eigenvalue weighted by molar-refractivity contribution is -0.121. The Morgan fingerprint density at radius 1 is 1.25 bits per heavy atom. The molecule has 0 bridgehead atoms. The fourth-order valence-electron chi connectivity index (χ4n) is 2.05. The first-order valence-corrected chi connectivity index (χ1v) is 6.38. The molecule has 0 heterocycles. The van der Waals surface area contributed by atoms with Gasteiger partial charge in [0.1, 0.15) is 11.6 Å². The third-order valence-corrected chi connectivity index (χ3v) is 3.02. The van der Waals surface area contributed by atoms with E-state index in [0.717, 1.165) is 0 Å². The highest BCUT2D eigenvalue weighted by Gasteiger charge is 2.13. The Kier molecular flexibility index (Phi) is 4.35. The molecule has 0 aliphatic carbocycles. The van der Waals surface area contributed by atoms with E-state index in [0.29, 0.717) is 11.1 Å². The predicted octanol–water partition coefficient (Wildman–Crippen LogP) is 2.95. The summed E-state index contributed by atoms with van der Waals surface area (Å²) in [6.45, 7) is 1.73. The molecule has 2 rings (SSSR count). The van der Waals surface area contributed by atoms with Gasteiger partial charge in [-0.2, -0.15) is 0 Å². The summed E-state index contributed by atoms with van der Waals surface area (Å²) in [5.74, 6) is -0.429. The molecule has 2 aromatic carbocycles. The van der Waals surface area contributed by atoms with E-state index in [1.807, 2.05) is 0 Å². The van der Waals surface area contributed by atoms with Gasteiger partial charge in [0.25, 0.3) is 0 Å². The van der Waals surface area contributed by atoms with E-state index in [1.54, 1.807) is 43.3 Å². The second-order valence-corrected chi connectivity index (χ2v) is 4.66. The van der Waals surface area contributed by atoms with Crippen molar-refractivity contribution in [2.24, 2.45) is 0 Å². The number of carbonyl (C=O) groups is 1. The molecule has 1 amide bonds. The minimum Gasteiger partial charge on any atom is -0.508 e. The zero-order chi connectivity index (χ0) is 14.5. The first-order valence-electron chi connectivity index (χ1n) is 6.38. The van der Waals surface area contributed by atoms with Crippen molar-refractivity contribution in [1.29, 1.82) is 0 Å². The number of phenolic OH excluding ortho intramolecular Hbond substituents is 1. The molecule has 0 spiro atoms. The molecule has 20 heavy (non-hydrogen) atoms. The topological polar surface area (TPSA) is 49.3 Å². The fourth-order valence-corrected chi connectivity index (χ4v) is 2.05. The van der Waals surface area contributed by atoms with E-state index < -0.39 is 6.04 Å². The minimum atomic E-state index is -0.402. The molecular weight excluding hydrogens is 257 g/mol. The van der Waals surface area contributed by atoms with Gasteiger partial charge in [-0.15, -0.1) is 0 Å². The summed E-state index contributed by atoms with van der Waals surface area (Å²) in [6, 6.07) is 12.5. The monoisotopic (exact) mass is 273 g/mol. The average molecular weight is 273 g/mol. The van der Waals surface area contributed by atoms with E-state index in [9.17, 15) is 14.3 Å². The number of hydrogen-bond donors (Lipinski definition) is 2. The van der Waals surface area contributed by atoms with Gasteiger partial charge in [0.15, 0.2) is 0 Å². The molecule has 0 fully saturated rings. The fraction of sp³-hybridized carbons (Fsp3) is 0.188. The molecule has 104 valence electrons. The van der Waals surface area contributed by atoms with Gasteiger partial charge in [-0.3, -0.25) is 4.79 Å². The summed E-state index contributed by atoms with van der Waals surface area (Å²) in [7, 11) is 0. The van der Waals surface area contributed by atoms with Crippen LogP contribution in [0.5, 0.6) is 5.75 Å². The van der Waals surface area contributed by atoms with Crippen molar-refractivity contribution in [3.8, 4) is 5.75 Å². The zero-order valence-corrected chi connectivity index (χ0v) is 11.1. The highest BCUT2D eigenvalue weighted by atomic mass is 19.1. The number of carbonyl (C=O) groups excluding carboxylic acids is 1. The van der Waals surface area contributed by atoms with Crippen molar-refractivity contribution in [3.63, 3.8) is 0 Å². The SMILES string of the molecule is CC(NC(=O)Cc1cccc(O)c1)c1ccccc1F. The third-order valence-electron chi connectivity index (χ3n) is 3.02. The Hall–Kier alpha value is -2.36. The smallest absolute Gasteiger partial charge is 0.224 e. The van der Waals surface area contributed by atoms with Crippen LogP contribution >= 0.6 is 0 Å². The largest absolute Gasteiger partial charge is 0.508 e. The van der Waals surface area contributed by atoms with Crippen LogP contribution in [-0.4, -0.2) is 11.0 Å². The summed E-state index contributed by atoms with van der Waals surface area (Å²) in [6.07, 6.45) is 0.146. The lowest BCUT2D eigenvalue weighted by Crippen LogP contribution is -2.28. The van der Waals surface area contributed by atoms with Crippen molar-refractivity contribution >= 4 is 5.91 Å². The van der Waals surface area contributed by atoms with Crippen LogP contribution in [0.1, 0.15) is 24.1 Å². The van der Waals surface area contributed by atoms with E-state index in [1.165, 1.54) is 12.1 Å². The van der Waals surface area contributed by atoms with E-state index in [2.05, 4.69) is 5.32 Å². The quantitative estimate of drug-likeness (QED) is 0.899. The summed E-state index contributed by atoms with van der Waals surface area (Å²) in [5, 5.41) is 12.1. The molecule has 0 saturated carbocycles. The third kappa shape index (κ3) is 3.57. The number of nitrogens with one attached hydrogen (secondary N) is 1. The van der Waals surface area contributed by atoms with Gasteiger partial charge in [-0.1, -0.05) is 30.3 Å². The van der Waals surface area contributed by atoms with Gasteiger partial charge in [0.2, 0.25) is 5.91 Å². The second kappa shape index (κ2) is 6.19. The summed E-state index contributed by atoms with van der Waals surface area (Å²) < 4.78 is 13.6. The molecule has 2 aromatic rings. The maximum absolute atomic E-state index is 13.6. The number of amides is 1. The summed E-state index contributed by atoms with van der Waals surface area (Å²) >= 11 is 0.